The van der Waals surface area contributed by atoms with Crippen LogP contribution in [0.5, 0.6) is 0 Å². The lowest BCUT2D eigenvalue weighted by Gasteiger charge is -2.47. The first-order valence-electron chi connectivity index (χ1n) is 8.06. The molecule has 0 amide bonds. The van der Waals surface area contributed by atoms with E-state index in [0.29, 0.717) is 12.1 Å². The van der Waals surface area contributed by atoms with Crippen molar-refractivity contribution in [1.82, 2.24) is 10.2 Å². The maximum atomic E-state index is 3.71. The number of rotatable bonds is 5. The van der Waals surface area contributed by atoms with Gasteiger partial charge < -0.3 is 5.32 Å². The molecule has 0 spiro atoms. The van der Waals surface area contributed by atoms with Crippen LogP contribution in [-0.4, -0.2) is 35.6 Å². The number of nitrogens with one attached hydrogen (secondary N) is 1. The minimum Gasteiger partial charge on any atom is -0.309 e. The van der Waals surface area contributed by atoms with Gasteiger partial charge >= 0.3 is 0 Å². The Morgan fingerprint density at radius 1 is 1.30 bits per heavy atom. The number of nitrogens with zero attached hydrogens (tertiary/aromatic N) is 1. The van der Waals surface area contributed by atoms with E-state index in [-0.39, 0.29) is 5.54 Å². The Kier molecular flexibility index (Phi) is 5.22. The third-order valence-electron chi connectivity index (χ3n) is 4.45. The second kappa shape index (κ2) is 6.73. The summed E-state index contributed by atoms with van der Waals surface area (Å²) >= 11 is 0. The van der Waals surface area contributed by atoms with Gasteiger partial charge in [-0.05, 0) is 39.2 Å². The monoisotopic (exact) mass is 274 g/mol. The van der Waals surface area contributed by atoms with Crippen molar-refractivity contribution >= 4 is 0 Å². The van der Waals surface area contributed by atoms with E-state index in [9.17, 15) is 0 Å². The molecule has 112 valence electrons. The second-order valence-corrected chi connectivity index (χ2v) is 6.92. The van der Waals surface area contributed by atoms with E-state index in [1.54, 1.807) is 0 Å². The Morgan fingerprint density at radius 2 is 2.00 bits per heavy atom. The zero-order chi connectivity index (χ0) is 14.6. The standard InChI is InChI=1S/C18H30N2/c1-5-9-15(2)20-14-18(3,4)19-13-17(20)12-16-10-7-6-8-11-16/h6-8,10-11,15,17,19H,5,9,12-14H2,1-4H3. The summed E-state index contributed by atoms with van der Waals surface area (Å²) in [7, 11) is 0. The Labute approximate surface area is 124 Å². The third-order valence-corrected chi connectivity index (χ3v) is 4.45. The number of benzene rings is 1. The van der Waals surface area contributed by atoms with Crippen molar-refractivity contribution in [3.05, 3.63) is 35.9 Å². The Balaban J connectivity index is 2.08. The van der Waals surface area contributed by atoms with Gasteiger partial charge in [0, 0.05) is 30.7 Å². The zero-order valence-corrected chi connectivity index (χ0v) is 13.5. The van der Waals surface area contributed by atoms with Crippen molar-refractivity contribution in [1.29, 1.82) is 0 Å². The van der Waals surface area contributed by atoms with Gasteiger partial charge in [-0.1, -0.05) is 43.7 Å². The molecule has 0 aliphatic carbocycles. The quantitative estimate of drug-likeness (QED) is 0.884. The van der Waals surface area contributed by atoms with E-state index in [1.807, 2.05) is 0 Å². The molecule has 1 aromatic rings. The fourth-order valence-corrected chi connectivity index (χ4v) is 3.33. The van der Waals surface area contributed by atoms with Crippen LogP contribution in [0, 0.1) is 0 Å². The van der Waals surface area contributed by atoms with Crippen LogP contribution >= 0.6 is 0 Å². The van der Waals surface area contributed by atoms with Crippen LogP contribution in [-0.2, 0) is 6.42 Å². The van der Waals surface area contributed by atoms with Crippen LogP contribution in [0.15, 0.2) is 30.3 Å². The topological polar surface area (TPSA) is 15.3 Å². The van der Waals surface area contributed by atoms with E-state index in [4.69, 9.17) is 0 Å². The predicted octanol–water partition coefficient (Wildman–Crippen LogP) is 3.47. The first kappa shape index (κ1) is 15.5. The average Bonchev–Trinajstić information content (AvgIpc) is 2.42. The van der Waals surface area contributed by atoms with Gasteiger partial charge in [0.2, 0.25) is 0 Å². The van der Waals surface area contributed by atoms with Crippen LogP contribution in [0.1, 0.15) is 46.1 Å². The summed E-state index contributed by atoms with van der Waals surface area (Å²) in [5.74, 6) is 0. The summed E-state index contributed by atoms with van der Waals surface area (Å²) in [6.07, 6.45) is 3.71. The van der Waals surface area contributed by atoms with E-state index in [2.05, 4.69) is 68.2 Å². The molecule has 0 saturated carbocycles. The third kappa shape index (κ3) is 4.07. The molecule has 1 aromatic carbocycles. The van der Waals surface area contributed by atoms with Crippen molar-refractivity contribution in [2.45, 2.75) is 64.6 Å². The summed E-state index contributed by atoms with van der Waals surface area (Å²) in [5, 5.41) is 3.71. The van der Waals surface area contributed by atoms with Crippen molar-refractivity contribution in [2.24, 2.45) is 0 Å². The van der Waals surface area contributed by atoms with Gasteiger partial charge in [0.15, 0.2) is 0 Å². The van der Waals surface area contributed by atoms with Gasteiger partial charge in [0.25, 0.3) is 0 Å². The van der Waals surface area contributed by atoms with E-state index < -0.39 is 0 Å². The Bertz CT molecular complexity index is 399. The average molecular weight is 274 g/mol. The van der Waals surface area contributed by atoms with E-state index in [1.165, 1.54) is 18.4 Å². The largest absolute Gasteiger partial charge is 0.309 e. The lowest BCUT2D eigenvalue weighted by molar-refractivity contribution is 0.0568. The molecule has 1 aliphatic rings. The molecular formula is C18H30N2. The number of hydrogen-bond acceptors (Lipinski definition) is 2. The molecule has 20 heavy (non-hydrogen) atoms. The lowest BCUT2D eigenvalue weighted by Crippen LogP contribution is -2.64. The first-order valence-corrected chi connectivity index (χ1v) is 8.06. The van der Waals surface area contributed by atoms with Gasteiger partial charge in [-0.2, -0.15) is 0 Å². The van der Waals surface area contributed by atoms with Crippen molar-refractivity contribution < 1.29 is 0 Å². The molecule has 0 radical (unpaired) electrons. The zero-order valence-electron chi connectivity index (χ0n) is 13.5. The molecule has 2 unspecified atom stereocenters. The van der Waals surface area contributed by atoms with E-state index in [0.717, 1.165) is 19.5 Å². The van der Waals surface area contributed by atoms with Crippen molar-refractivity contribution in [2.75, 3.05) is 13.1 Å². The highest BCUT2D eigenvalue weighted by molar-refractivity contribution is 5.16. The van der Waals surface area contributed by atoms with Crippen molar-refractivity contribution in [3.63, 3.8) is 0 Å². The first-order chi connectivity index (χ1) is 9.52. The van der Waals surface area contributed by atoms with Crippen LogP contribution in [0.2, 0.25) is 0 Å². The molecule has 2 atom stereocenters. The minimum atomic E-state index is 0.231. The maximum absolute atomic E-state index is 3.71. The van der Waals surface area contributed by atoms with Crippen molar-refractivity contribution in [3.8, 4) is 0 Å². The molecule has 1 N–H and O–H groups in total. The van der Waals surface area contributed by atoms with Gasteiger partial charge in [-0.25, -0.2) is 0 Å². The molecule has 1 fully saturated rings. The van der Waals surface area contributed by atoms with Gasteiger partial charge in [0.05, 0.1) is 0 Å². The second-order valence-electron chi connectivity index (χ2n) is 6.92. The van der Waals surface area contributed by atoms with Gasteiger partial charge in [0.1, 0.15) is 0 Å². The molecule has 1 heterocycles. The van der Waals surface area contributed by atoms with Crippen LogP contribution in [0.3, 0.4) is 0 Å². The van der Waals surface area contributed by atoms with Gasteiger partial charge in [-0.3, -0.25) is 4.90 Å². The number of piperazine rings is 1. The predicted molar refractivity (Wildman–Crippen MR) is 87.1 cm³/mol. The Hall–Kier alpha value is -0.860. The summed E-state index contributed by atoms with van der Waals surface area (Å²) < 4.78 is 0. The molecular weight excluding hydrogens is 244 g/mol. The summed E-state index contributed by atoms with van der Waals surface area (Å²) in [5.41, 5.74) is 1.68. The molecule has 2 heteroatoms. The smallest absolute Gasteiger partial charge is 0.0264 e. The summed E-state index contributed by atoms with van der Waals surface area (Å²) in [6.45, 7) is 11.6. The normalized spacial score (nSPS) is 24.5. The molecule has 0 aromatic heterocycles. The maximum Gasteiger partial charge on any atom is 0.0264 e. The summed E-state index contributed by atoms with van der Waals surface area (Å²) in [4.78, 5) is 2.73. The molecule has 1 aliphatic heterocycles. The molecule has 2 nitrogen and oxygen atoms in total. The van der Waals surface area contributed by atoms with E-state index >= 15 is 0 Å². The van der Waals surface area contributed by atoms with Gasteiger partial charge in [-0.15, -0.1) is 0 Å². The molecule has 0 bridgehead atoms. The minimum absolute atomic E-state index is 0.231. The highest BCUT2D eigenvalue weighted by Gasteiger charge is 2.34. The SMILES string of the molecule is CCCC(C)N1CC(C)(C)NCC1Cc1ccccc1. The fourth-order valence-electron chi connectivity index (χ4n) is 3.33. The number of hydrogen-bond donors (Lipinski definition) is 1. The van der Waals surface area contributed by atoms with Crippen LogP contribution in [0.4, 0.5) is 0 Å². The van der Waals surface area contributed by atoms with Crippen LogP contribution in [0.25, 0.3) is 0 Å². The molecule has 2 rings (SSSR count). The Morgan fingerprint density at radius 3 is 2.65 bits per heavy atom. The highest BCUT2D eigenvalue weighted by atomic mass is 15.3. The fraction of sp³-hybridized carbons (Fsp3) is 0.667. The lowest BCUT2D eigenvalue weighted by atomic mass is 9.93. The highest BCUT2D eigenvalue weighted by Crippen LogP contribution is 2.22. The van der Waals surface area contributed by atoms with Crippen LogP contribution < -0.4 is 5.32 Å². The summed E-state index contributed by atoms with van der Waals surface area (Å²) in [6, 6.07) is 12.2. The molecule has 1 saturated heterocycles.